The lowest BCUT2D eigenvalue weighted by molar-refractivity contribution is -0.384. The fourth-order valence-corrected chi connectivity index (χ4v) is 2.67. The SMILES string of the molecule is Cc1nn(C)c(Cn2ccc3cc([N+](=O)[O-])ccc32)c1Cl. The summed E-state index contributed by atoms with van der Waals surface area (Å²) in [7, 11) is 1.85. The van der Waals surface area contributed by atoms with Crippen molar-refractivity contribution in [1.82, 2.24) is 14.3 Å². The first-order valence-corrected chi connectivity index (χ1v) is 6.76. The first kappa shape index (κ1) is 13.6. The number of nitrogens with zero attached hydrogens (tertiary/aromatic N) is 4. The van der Waals surface area contributed by atoms with E-state index in [-0.39, 0.29) is 5.69 Å². The van der Waals surface area contributed by atoms with E-state index >= 15 is 0 Å². The predicted octanol–water partition coefficient (Wildman–Crippen LogP) is 3.29. The van der Waals surface area contributed by atoms with E-state index < -0.39 is 4.92 Å². The van der Waals surface area contributed by atoms with Gasteiger partial charge in [-0.2, -0.15) is 5.10 Å². The zero-order valence-electron chi connectivity index (χ0n) is 11.6. The molecule has 7 heteroatoms. The average molecular weight is 305 g/mol. The van der Waals surface area contributed by atoms with E-state index in [1.54, 1.807) is 16.8 Å². The van der Waals surface area contributed by atoms with Gasteiger partial charge in [0.2, 0.25) is 0 Å². The number of benzene rings is 1. The van der Waals surface area contributed by atoms with Crippen LogP contribution in [0.25, 0.3) is 10.9 Å². The molecule has 0 bridgehead atoms. The van der Waals surface area contributed by atoms with Gasteiger partial charge in [0.15, 0.2) is 0 Å². The lowest BCUT2D eigenvalue weighted by Gasteiger charge is -2.06. The Morgan fingerprint density at radius 2 is 2.14 bits per heavy atom. The summed E-state index contributed by atoms with van der Waals surface area (Å²) in [6.45, 7) is 2.43. The van der Waals surface area contributed by atoms with Crippen LogP contribution < -0.4 is 0 Å². The molecule has 2 aromatic heterocycles. The Labute approximate surface area is 125 Å². The summed E-state index contributed by atoms with van der Waals surface area (Å²) in [6, 6.07) is 6.70. The predicted molar refractivity (Wildman–Crippen MR) is 80.6 cm³/mol. The third-order valence-electron chi connectivity index (χ3n) is 3.55. The van der Waals surface area contributed by atoms with Crippen LogP contribution in [0.3, 0.4) is 0 Å². The van der Waals surface area contributed by atoms with Crippen LogP contribution in [-0.4, -0.2) is 19.3 Å². The number of hydrogen-bond acceptors (Lipinski definition) is 3. The number of non-ortho nitro benzene ring substituents is 1. The van der Waals surface area contributed by atoms with Crippen LogP contribution in [0, 0.1) is 17.0 Å². The molecule has 2 heterocycles. The van der Waals surface area contributed by atoms with Crippen molar-refractivity contribution in [2.45, 2.75) is 13.5 Å². The molecule has 0 fully saturated rings. The van der Waals surface area contributed by atoms with Crippen molar-refractivity contribution in [3.05, 3.63) is 57.0 Å². The van der Waals surface area contributed by atoms with Crippen LogP contribution in [0.1, 0.15) is 11.4 Å². The zero-order valence-corrected chi connectivity index (χ0v) is 12.3. The van der Waals surface area contributed by atoms with Crippen LogP contribution in [0.4, 0.5) is 5.69 Å². The van der Waals surface area contributed by atoms with E-state index in [1.807, 2.05) is 30.8 Å². The molecule has 21 heavy (non-hydrogen) atoms. The van der Waals surface area contributed by atoms with Gasteiger partial charge in [-0.05, 0) is 19.1 Å². The smallest absolute Gasteiger partial charge is 0.270 e. The minimum Gasteiger partial charge on any atom is -0.341 e. The van der Waals surface area contributed by atoms with Crippen LogP contribution in [0.15, 0.2) is 30.5 Å². The second-order valence-corrected chi connectivity index (χ2v) is 5.29. The van der Waals surface area contributed by atoms with E-state index in [9.17, 15) is 10.1 Å². The Hall–Kier alpha value is -2.34. The van der Waals surface area contributed by atoms with Gasteiger partial charge >= 0.3 is 0 Å². The summed E-state index contributed by atoms with van der Waals surface area (Å²) in [5.74, 6) is 0. The number of fused-ring (bicyclic) bond motifs is 1. The first-order chi connectivity index (χ1) is 9.97. The highest BCUT2D eigenvalue weighted by Gasteiger charge is 2.14. The maximum atomic E-state index is 10.8. The number of aromatic nitrogens is 3. The summed E-state index contributed by atoms with van der Waals surface area (Å²) in [5, 5.41) is 16.6. The number of nitro groups is 1. The van der Waals surface area contributed by atoms with Crippen molar-refractivity contribution in [2.24, 2.45) is 7.05 Å². The standard InChI is InChI=1S/C14H13ClN4O2/c1-9-14(15)13(17(2)16-9)8-18-6-5-10-7-11(19(20)21)3-4-12(10)18/h3-7H,8H2,1-2H3. The van der Waals surface area contributed by atoms with Gasteiger partial charge in [-0.1, -0.05) is 11.6 Å². The van der Waals surface area contributed by atoms with Crippen molar-refractivity contribution in [3.8, 4) is 0 Å². The molecule has 0 radical (unpaired) electrons. The number of aryl methyl sites for hydroxylation is 2. The highest BCUT2D eigenvalue weighted by atomic mass is 35.5. The molecule has 0 atom stereocenters. The van der Waals surface area contributed by atoms with E-state index in [2.05, 4.69) is 5.10 Å². The highest BCUT2D eigenvalue weighted by Crippen LogP contribution is 2.25. The summed E-state index contributed by atoms with van der Waals surface area (Å²) < 4.78 is 3.76. The monoisotopic (exact) mass is 304 g/mol. The molecule has 0 unspecified atom stereocenters. The van der Waals surface area contributed by atoms with Crippen molar-refractivity contribution in [3.63, 3.8) is 0 Å². The fraction of sp³-hybridized carbons (Fsp3) is 0.214. The van der Waals surface area contributed by atoms with Crippen molar-refractivity contribution >= 4 is 28.2 Å². The molecule has 108 valence electrons. The van der Waals surface area contributed by atoms with Gasteiger partial charge in [-0.15, -0.1) is 0 Å². The Balaban J connectivity index is 2.03. The second kappa shape index (κ2) is 4.89. The van der Waals surface area contributed by atoms with E-state index in [0.29, 0.717) is 11.6 Å². The Morgan fingerprint density at radius 3 is 2.76 bits per heavy atom. The molecule has 6 nitrogen and oxygen atoms in total. The molecule has 3 rings (SSSR count). The number of rotatable bonds is 3. The molecule has 0 spiro atoms. The summed E-state index contributed by atoms with van der Waals surface area (Å²) in [5.41, 5.74) is 2.72. The quantitative estimate of drug-likeness (QED) is 0.551. The van der Waals surface area contributed by atoms with Gasteiger partial charge < -0.3 is 4.57 Å². The second-order valence-electron chi connectivity index (χ2n) is 4.91. The summed E-state index contributed by atoms with van der Waals surface area (Å²) in [6.07, 6.45) is 1.90. The molecular formula is C14H13ClN4O2. The Morgan fingerprint density at radius 1 is 1.38 bits per heavy atom. The van der Waals surface area contributed by atoms with Gasteiger partial charge in [0.05, 0.1) is 27.9 Å². The van der Waals surface area contributed by atoms with Gasteiger partial charge in [0.25, 0.3) is 5.69 Å². The fourth-order valence-electron chi connectivity index (χ4n) is 2.45. The van der Waals surface area contributed by atoms with Gasteiger partial charge in [0.1, 0.15) is 0 Å². The van der Waals surface area contributed by atoms with E-state index in [4.69, 9.17) is 11.6 Å². The molecule has 0 N–H and O–H groups in total. The number of nitro benzene ring substituents is 1. The van der Waals surface area contributed by atoms with Gasteiger partial charge in [0, 0.05) is 36.3 Å². The molecule has 0 aliphatic heterocycles. The molecular weight excluding hydrogens is 292 g/mol. The summed E-state index contributed by atoms with van der Waals surface area (Å²) in [4.78, 5) is 10.4. The third-order valence-corrected chi connectivity index (χ3v) is 4.04. The maximum Gasteiger partial charge on any atom is 0.270 e. The normalized spacial score (nSPS) is 11.2. The Kier molecular flexibility index (Phi) is 3.17. The van der Waals surface area contributed by atoms with Crippen LogP contribution in [0.2, 0.25) is 5.02 Å². The Bertz CT molecular complexity index is 850. The zero-order chi connectivity index (χ0) is 15.1. The largest absolute Gasteiger partial charge is 0.341 e. The van der Waals surface area contributed by atoms with Gasteiger partial charge in [-0.3, -0.25) is 14.8 Å². The molecule has 0 amide bonds. The van der Waals surface area contributed by atoms with E-state index in [0.717, 1.165) is 22.3 Å². The molecule has 3 aromatic rings. The first-order valence-electron chi connectivity index (χ1n) is 6.38. The maximum absolute atomic E-state index is 10.8. The molecule has 0 aliphatic rings. The molecule has 0 aliphatic carbocycles. The van der Waals surface area contributed by atoms with Crippen molar-refractivity contribution in [1.29, 1.82) is 0 Å². The summed E-state index contributed by atoms with van der Waals surface area (Å²) >= 11 is 6.26. The van der Waals surface area contributed by atoms with Gasteiger partial charge in [-0.25, -0.2) is 0 Å². The number of hydrogen-bond donors (Lipinski definition) is 0. The molecule has 0 saturated carbocycles. The number of halogens is 1. The van der Waals surface area contributed by atoms with Crippen LogP contribution in [-0.2, 0) is 13.6 Å². The van der Waals surface area contributed by atoms with E-state index in [1.165, 1.54) is 6.07 Å². The minimum absolute atomic E-state index is 0.0923. The third kappa shape index (κ3) is 2.27. The van der Waals surface area contributed by atoms with Crippen LogP contribution in [0.5, 0.6) is 0 Å². The van der Waals surface area contributed by atoms with Crippen molar-refractivity contribution in [2.75, 3.05) is 0 Å². The highest BCUT2D eigenvalue weighted by molar-refractivity contribution is 6.31. The lowest BCUT2D eigenvalue weighted by atomic mass is 10.2. The minimum atomic E-state index is -0.391. The average Bonchev–Trinajstić information content (AvgIpc) is 2.95. The molecule has 1 aromatic carbocycles. The van der Waals surface area contributed by atoms with Crippen LogP contribution >= 0.6 is 11.6 Å². The molecule has 0 saturated heterocycles. The lowest BCUT2D eigenvalue weighted by Crippen LogP contribution is -2.05. The van der Waals surface area contributed by atoms with Crippen molar-refractivity contribution < 1.29 is 4.92 Å². The topological polar surface area (TPSA) is 65.9 Å².